The summed E-state index contributed by atoms with van der Waals surface area (Å²) in [5.41, 5.74) is 2.78. The van der Waals surface area contributed by atoms with Gasteiger partial charge in [-0.05, 0) is 35.9 Å². The highest BCUT2D eigenvalue weighted by Gasteiger charge is 2.15. The number of furan rings is 1. The molecule has 2 aromatic heterocycles. The zero-order valence-corrected chi connectivity index (χ0v) is 14.5. The second-order valence-electron chi connectivity index (χ2n) is 5.82. The molecule has 26 heavy (non-hydrogen) atoms. The molecular formula is C21H15ClN2O2. The van der Waals surface area contributed by atoms with E-state index in [4.69, 9.17) is 16.0 Å². The van der Waals surface area contributed by atoms with Gasteiger partial charge in [-0.3, -0.25) is 4.79 Å². The molecule has 0 spiro atoms. The molecule has 2 heterocycles. The molecule has 0 atom stereocenters. The number of nitrogens with one attached hydrogen (secondary N) is 1. The lowest BCUT2D eigenvalue weighted by Crippen LogP contribution is -2.23. The van der Waals surface area contributed by atoms with E-state index in [0.717, 1.165) is 16.5 Å². The van der Waals surface area contributed by atoms with E-state index in [0.29, 0.717) is 28.6 Å². The number of benzene rings is 2. The zero-order chi connectivity index (χ0) is 17.9. The Labute approximate surface area is 155 Å². The quantitative estimate of drug-likeness (QED) is 0.551. The number of halogens is 1. The summed E-state index contributed by atoms with van der Waals surface area (Å²) < 4.78 is 5.44. The van der Waals surface area contributed by atoms with Crippen LogP contribution in [0, 0.1) is 0 Å². The van der Waals surface area contributed by atoms with Gasteiger partial charge in [0, 0.05) is 17.0 Å². The number of hydrogen-bond acceptors (Lipinski definition) is 3. The van der Waals surface area contributed by atoms with E-state index in [1.54, 1.807) is 24.5 Å². The zero-order valence-electron chi connectivity index (χ0n) is 13.8. The molecule has 128 valence electrons. The molecule has 0 radical (unpaired) electrons. The molecule has 1 amide bonds. The number of para-hydroxylation sites is 1. The predicted molar refractivity (Wildman–Crippen MR) is 102 cm³/mol. The van der Waals surface area contributed by atoms with Gasteiger partial charge in [-0.2, -0.15) is 0 Å². The normalized spacial score (nSPS) is 10.8. The van der Waals surface area contributed by atoms with Crippen molar-refractivity contribution in [3.05, 3.63) is 89.1 Å². The van der Waals surface area contributed by atoms with Gasteiger partial charge in [0.15, 0.2) is 5.76 Å². The van der Waals surface area contributed by atoms with Gasteiger partial charge in [0.2, 0.25) is 0 Å². The summed E-state index contributed by atoms with van der Waals surface area (Å²) in [6.07, 6.45) is 1.59. The lowest BCUT2D eigenvalue weighted by molar-refractivity contribution is 0.0952. The molecule has 0 saturated carbocycles. The summed E-state index contributed by atoms with van der Waals surface area (Å²) in [5.74, 6) is 0.437. The Morgan fingerprint density at radius 3 is 2.65 bits per heavy atom. The average molecular weight is 363 g/mol. The molecule has 0 fully saturated rings. The van der Waals surface area contributed by atoms with Gasteiger partial charge in [0.25, 0.3) is 5.91 Å². The fourth-order valence-electron chi connectivity index (χ4n) is 2.83. The third-order valence-electron chi connectivity index (χ3n) is 4.13. The first-order valence-electron chi connectivity index (χ1n) is 8.17. The first-order chi connectivity index (χ1) is 12.7. The monoisotopic (exact) mass is 362 g/mol. The smallest absolute Gasteiger partial charge is 0.252 e. The van der Waals surface area contributed by atoms with Crippen molar-refractivity contribution in [3.8, 4) is 11.5 Å². The maximum Gasteiger partial charge on any atom is 0.252 e. The van der Waals surface area contributed by atoms with E-state index in [2.05, 4.69) is 10.3 Å². The van der Waals surface area contributed by atoms with Crippen molar-refractivity contribution in [3.63, 3.8) is 0 Å². The van der Waals surface area contributed by atoms with Crippen molar-refractivity contribution >= 4 is 28.4 Å². The first kappa shape index (κ1) is 16.4. The lowest BCUT2D eigenvalue weighted by Gasteiger charge is -2.10. The number of hydrogen-bond donors (Lipinski definition) is 1. The van der Waals surface area contributed by atoms with Crippen LogP contribution in [0.3, 0.4) is 0 Å². The summed E-state index contributed by atoms with van der Waals surface area (Å²) in [6, 6.07) is 20.4. The Bertz CT molecular complexity index is 1070. The predicted octanol–water partition coefficient (Wildman–Crippen LogP) is 5.08. The summed E-state index contributed by atoms with van der Waals surface area (Å²) in [5, 5.41) is 4.36. The fraction of sp³-hybridized carbons (Fsp3) is 0.0476. The minimum absolute atomic E-state index is 0.184. The number of fused-ring (bicyclic) bond motifs is 1. The minimum atomic E-state index is -0.184. The Morgan fingerprint density at radius 1 is 1.04 bits per heavy atom. The Kier molecular flexibility index (Phi) is 4.42. The van der Waals surface area contributed by atoms with Gasteiger partial charge in [-0.15, -0.1) is 0 Å². The SMILES string of the molecule is O=C(NCc1ccccc1Cl)c1cc(-c2ccco2)nc2ccccc12. The molecule has 0 saturated heterocycles. The van der Waals surface area contributed by atoms with Gasteiger partial charge in [0.05, 0.1) is 17.3 Å². The topological polar surface area (TPSA) is 55.1 Å². The van der Waals surface area contributed by atoms with Crippen LogP contribution in [0.1, 0.15) is 15.9 Å². The van der Waals surface area contributed by atoms with Gasteiger partial charge in [-0.25, -0.2) is 4.98 Å². The third-order valence-corrected chi connectivity index (χ3v) is 4.50. The van der Waals surface area contributed by atoms with Crippen LogP contribution in [0.2, 0.25) is 5.02 Å². The van der Waals surface area contributed by atoms with E-state index in [1.807, 2.05) is 48.5 Å². The average Bonchev–Trinajstić information content (AvgIpc) is 3.21. The van der Waals surface area contributed by atoms with Crippen LogP contribution in [0.5, 0.6) is 0 Å². The second kappa shape index (κ2) is 7.02. The molecule has 2 aromatic carbocycles. The van der Waals surface area contributed by atoms with E-state index < -0.39 is 0 Å². The Morgan fingerprint density at radius 2 is 1.85 bits per heavy atom. The summed E-state index contributed by atoms with van der Waals surface area (Å²) >= 11 is 6.17. The maximum atomic E-state index is 12.9. The lowest BCUT2D eigenvalue weighted by atomic mass is 10.1. The molecular weight excluding hydrogens is 348 g/mol. The molecule has 0 bridgehead atoms. The van der Waals surface area contributed by atoms with Crippen molar-refractivity contribution in [2.24, 2.45) is 0 Å². The standard InChI is InChI=1S/C21H15ClN2O2/c22-17-8-3-1-6-14(17)13-23-21(25)16-12-19(20-10-5-11-26-20)24-18-9-4-2-7-15(16)18/h1-12H,13H2,(H,23,25). The molecule has 4 rings (SSSR count). The minimum Gasteiger partial charge on any atom is -0.463 e. The van der Waals surface area contributed by atoms with Crippen LogP contribution in [-0.2, 0) is 6.54 Å². The van der Waals surface area contributed by atoms with Crippen molar-refractivity contribution in [1.29, 1.82) is 0 Å². The van der Waals surface area contributed by atoms with Crippen LogP contribution in [0.15, 0.2) is 77.4 Å². The van der Waals surface area contributed by atoms with Crippen LogP contribution in [0.4, 0.5) is 0 Å². The van der Waals surface area contributed by atoms with Crippen molar-refractivity contribution < 1.29 is 9.21 Å². The third kappa shape index (κ3) is 3.19. The van der Waals surface area contributed by atoms with Gasteiger partial charge >= 0.3 is 0 Å². The summed E-state index contributed by atoms with van der Waals surface area (Å²) in [4.78, 5) is 17.5. The highest BCUT2D eigenvalue weighted by atomic mass is 35.5. The van der Waals surface area contributed by atoms with E-state index in [-0.39, 0.29) is 5.91 Å². The van der Waals surface area contributed by atoms with E-state index in [1.165, 1.54) is 0 Å². The van der Waals surface area contributed by atoms with Crippen LogP contribution in [-0.4, -0.2) is 10.9 Å². The molecule has 0 aliphatic carbocycles. The highest BCUT2D eigenvalue weighted by molar-refractivity contribution is 6.31. The molecule has 5 heteroatoms. The number of pyridine rings is 1. The highest BCUT2D eigenvalue weighted by Crippen LogP contribution is 2.25. The van der Waals surface area contributed by atoms with Crippen molar-refractivity contribution in [2.75, 3.05) is 0 Å². The van der Waals surface area contributed by atoms with Gasteiger partial charge in [0.1, 0.15) is 5.69 Å². The van der Waals surface area contributed by atoms with Crippen LogP contribution >= 0.6 is 11.6 Å². The first-order valence-corrected chi connectivity index (χ1v) is 8.55. The number of carbonyl (C=O) groups excluding carboxylic acids is 1. The number of amides is 1. The van der Waals surface area contributed by atoms with Gasteiger partial charge < -0.3 is 9.73 Å². The second-order valence-corrected chi connectivity index (χ2v) is 6.23. The van der Waals surface area contributed by atoms with E-state index in [9.17, 15) is 4.79 Å². The van der Waals surface area contributed by atoms with Gasteiger partial charge in [-0.1, -0.05) is 48.0 Å². The number of rotatable bonds is 4. The molecule has 4 nitrogen and oxygen atoms in total. The maximum absolute atomic E-state index is 12.9. The number of nitrogens with zero attached hydrogens (tertiary/aromatic N) is 1. The van der Waals surface area contributed by atoms with Crippen LogP contribution < -0.4 is 5.32 Å². The summed E-state index contributed by atoms with van der Waals surface area (Å²) in [6.45, 7) is 0.352. The Hall–Kier alpha value is -3.11. The Balaban J connectivity index is 1.70. The van der Waals surface area contributed by atoms with Crippen LogP contribution in [0.25, 0.3) is 22.4 Å². The molecule has 1 N–H and O–H groups in total. The number of aromatic nitrogens is 1. The van der Waals surface area contributed by atoms with E-state index >= 15 is 0 Å². The number of carbonyl (C=O) groups is 1. The molecule has 0 aliphatic heterocycles. The molecule has 0 aliphatic rings. The van der Waals surface area contributed by atoms with Crippen molar-refractivity contribution in [1.82, 2.24) is 10.3 Å². The molecule has 4 aromatic rings. The largest absolute Gasteiger partial charge is 0.463 e. The summed E-state index contributed by atoms with van der Waals surface area (Å²) in [7, 11) is 0. The molecule has 0 unspecified atom stereocenters. The van der Waals surface area contributed by atoms with Crippen molar-refractivity contribution in [2.45, 2.75) is 6.54 Å². The fourth-order valence-corrected chi connectivity index (χ4v) is 3.03.